The first-order valence-electron chi connectivity index (χ1n) is 8.03. The summed E-state index contributed by atoms with van der Waals surface area (Å²) >= 11 is 1.66. The number of nitrogens with zero attached hydrogens (tertiary/aromatic N) is 4. The lowest BCUT2D eigenvalue weighted by molar-refractivity contribution is 0.207. The second kappa shape index (κ2) is 6.55. The van der Waals surface area contributed by atoms with Gasteiger partial charge in [0.2, 0.25) is 0 Å². The summed E-state index contributed by atoms with van der Waals surface area (Å²) in [6, 6.07) is 1.66. The van der Waals surface area contributed by atoms with E-state index in [2.05, 4.69) is 36.2 Å². The Labute approximate surface area is 147 Å². The molecule has 0 aliphatic carbocycles. The fourth-order valence-electron chi connectivity index (χ4n) is 2.44. The molecule has 0 spiro atoms. The SMILES string of the molecule is Cc1nc(C(C)N(C)C(=O)Nc2cc(C(C)(C)C)nn2C)c(C)s1. The lowest BCUT2D eigenvalue weighted by Gasteiger charge is -2.24. The van der Waals surface area contributed by atoms with Crippen LogP contribution in [0.2, 0.25) is 0 Å². The number of amides is 2. The van der Waals surface area contributed by atoms with E-state index in [1.165, 1.54) is 0 Å². The molecule has 0 aliphatic rings. The number of carbonyl (C=O) groups excluding carboxylic acids is 1. The van der Waals surface area contributed by atoms with Crippen molar-refractivity contribution in [2.75, 3.05) is 12.4 Å². The summed E-state index contributed by atoms with van der Waals surface area (Å²) in [5.41, 5.74) is 1.84. The fourth-order valence-corrected chi connectivity index (χ4v) is 3.35. The molecule has 0 fully saturated rings. The fraction of sp³-hybridized carbons (Fsp3) is 0.588. The van der Waals surface area contributed by atoms with E-state index in [1.807, 2.05) is 33.9 Å². The Hall–Kier alpha value is -1.89. The molecule has 2 amide bonds. The molecule has 7 heteroatoms. The Balaban J connectivity index is 2.15. The van der Waals surface area contributed by atoms with Crippen LogP contribution in [-0.2, 0) is 12.5 Å². The van der Waals surface area contributed by atoms with Crippen LogP contribution in [0, 0.1) is 13.8 Å². The molecular formula is C17H27N5OS. The summed E-state index contributed by atoms with van der Waals surface area (Å²) in [4.78, 5) is 20.0. The monoisotopic (exact) mass is 349 g/mol. The largest absolute Gasteiger partial charge is 0.323 e. The van der Waals surface area contributed by atoms with Gasteiger partial charge in [-0.15, -0.1) is 11.3 Å². The second-order valence-electron chi connectivity index (χ2n) is 7.18. The highest BCUT2D eigenvalue weighted by Gasteiger charge is 2.24. The summed E-state index contributed by atoms with van der Waals surface area (Å²) in [7, 11) is 3.62. The van der Waals surface area contributed by atoms with Crippen molar-refractivity contribution in [3.63, 3.8) is 0 Å². The summed E-state index contributed by atoms with van der Waals surface area (Å²) in [6.45, 7) is 12.3. The molecule has 24 heavy (non-hydrogen) atoms. The Bertz CT molecular complexity index is 741. The first-order chi connectivity index (χ1) is 11.0. The molecular weight excluding hydrogens is 322 g/mol. The predicted molar refractivity (Wildman–Crippen MR) is 98.7 cm³/mol. The van der Waals surface area contributed by atoms with Crippen LogP contribution in [0.4, 0.5) is 10.6 Å². The average molecular weight is 350 g/mol. The second-order valence-corrected chi connectivity index (χ2v) is 8.59. The molecule has 2 heterocycles. The number of aryl methyl sites for hydroxylation is 3. The zero-order valence-corrected chi connectivity index (χ0v) is 16.6. The Morgan fingerprint density at radius 2 is 2.00 bits per heavy atom. The van der Waals surface area contributed by atoms with Crippen LogP contribution in [0.25, 0.3) is 0 Å². The van der Waals surface area contributed by atoms with Gasteiger partial charge < -0.3 is 4.90 Å². The van der Waals surface area contributed by atoms with Crippen molar-refractivity contribution in [1.29, 1.82) is 0 Å². The van der Waals surface area contributed by atoms with E-state index in [0.717, 1.165) is 21.3 Å². The number of hydrogen-bond donors (Lipinski definition) is 1. The lowest BCUT2D eigenvalue weighted by Crippen LogP contribution is -2.34. The Morgan fingerprint density at radius 1 is 1.38 bits per heavy atom. The third-order valence-corrected chi connectivity index (χ3v) is 5.02. The van der Waals surface area contributed by atoms with E-state index in [9.17, 15) is 4.79 Å². The maximum Gasteiger partial charge on any atom is 0.323 e. The van der Waals surface area contributed by atoms with Crippen molar-refractivity contribution in [2.45, 2.75) is 53.0 Å². The van der Waals surface area contributed by atoms with E-state index in [-0.39, 0.29) is 17.5 Å². The van der Waals surface area contributed by atoms with Crippen LogP contribution in [0.15, 0.2) is 6.07 Å². The zero-order chi connectivity index (χ0) is 18.2. The molecule has 132 valence electrons. The number of hydrogen-bond acceptors (Lipinski definition) is 4. The molecule has 2 aromatic heterocycles. The molecule has 0 saturated heterocycles. The maximum absolute atomic E-state index is 12.6. The highest BCUT2D eigenvalue weighted by Crippen LogP contribution is 2.27. The van der Waals surface area contributed by atoms with Crippen LogP contribution in [0.3, 0.4) is 0 Å². The van der Waals surface area contributed by atoms with Gasteiger partial charge in [0, 0.05) is 30.5 Å². The maximum atomic E-state index is 12.6. The minimum absolute atomic E-state index is 0.0604. The lowest BCUT2D eigenvalue weighted by atomic mass is 9.92. The summed E-state index contributed by atoms with van der Waals surface area (Å²) in [5.74, 6) is 0.690. The Kier molecular flexibility index (Phi) is 5.03. The molecule has 1 N–H and O–H groups in total. The topological polar surface area (TPSA) is 63.1 Å². The van der Waals surface area contributed by atoms with Crippen molar-refractivity contribution >= 4 is 23.2 Å². The highest BCUT2D eigenvalue weighted by molar-refractivity contribution is 7.11. The van der Waals surface area contributed by atoms with Crippen LogP contribution >= 0.6 is 11.3 Å². The van der Waals surface area contributed by atoms with E-state index in [0.29, 0.717) is 5.82 Å². The summed E-state index contributed by atoms with van der Waals surface area (Å²) in [6.07, 6.45) is 0. The number of aromatic nitrogens is 3. The molecule has 0 saturated carbocycles. The van der Waals surface area contributed by atoms with Crippen molar-refractivity contribution < 1.29 is 4.79 Å². The van der Waals surface area contributed by atoms with Gasteiger partial charge in [-0.1, -0.05) is 20.8 Å². The number of urea groups is 1. The quantitative estimate of drug-likeness (QED) is 0.910. The Morgan fingerprint density at radius 3 is 2.46 bits per heavy atom. The van der Waals surface area contributed by atoms with E-state index in [1.54, 1.807) is 28.0 Å². The molecule has 2 rings (SSSR count). The minimum Gasteiger partial charge on any atom is -0.319 e. The van der Waals surface area contributed by atoms with Gasteiger partial charge >= 0.3 is 6.03 Å². The number of carbonyl (C=O) groups is 1. The van der Waals surface area contributed by atoms with Crippen molar-refractivity contribution in [3.05, 3.63) is 27.3 Å². The first-order valence-corrected chi connectivity index (χ1v) is 8.84. The molecule has 1 unspecified atom stereocenters. The van der Waals surface area contributed by atoms with E-state index >= 15 is 0 Å². The van der Waals surface area contributed by atoms with E-state index in [4.69, 9.17) is 0 Å². The van der Waals surface area contributed by atoms with Gasteiger partial charge in [0.05, 0.1) is 22.4 Å². The van der Waals surface area contributed by atoms with E-state index < -0.39 is 0 Å². The number of rotatable bonds is 3. The molecule has 0 aromatic carbocycles. The summed E-state index contributed by atoms with van der Waals surface area (Å²) < 4.78 is 1.70. The van der Waals surface area contributed by atoms with Gasteiger partial charge in [-0.25, -0.2) is 9.78 Å². The van der Waals surface area contributed by atoms with Gasteiger partial charge in [0.1, 0.15) is 5.82 Å². The van der Waals surface area contributed by atoms with Gasteiger partial charge in [0.15, 0.2) is 0 Å². The average Bonchev–Trinajstić information content (AvgIpc) is 2.99. The smallest absolute Gasteiger partial charge is 0.319 e. The molecule has 2 aromatic rings. The van der Waals surface area contributed by atoms with Crippen LogP contribution in [0.5, 0.6) is 0 Å². The molecule has 1 atom stereocenters. The van der Waals surface area contributed by atoms with Crippen LogP contribution < -0.4 is 5.32 Å². The van der Waals surface area contributed by atoms with Gasteiger partial charge in [-0.3, -0.25) is 10.00 Å². The van der Waals surface area contributed by atoms with Crippen molar-refractivity contribution in [3.8, 4) is 0 Å². The highest BCUT2D eigenvalue weighted by atomic mass is 32.1. The van der Waals surface area contributed by atoms with Gasteiger partial charge in [-0.2, -0.15) is 5.10 Å². The minimum atomic E-state index is -0.170. The number of nitrogens with one attached hydrogen (secondary N) is 1. The summed E-state index contributed by atoms with van der Waals surface area (Å²) in [5, 5.41) is 8.45. The van der Waals surface area contributed by atoms with Crippen molar-refractivity contribution in [2.24, 2.45) is 7.05 Å². The molecule has 0 radical (unpaired) electrons. The number of anilines is 1. The standard InChI is InChI=1S/C17H27N5OS/c1-10(15-11(2)24-12(3)18-15)21(7)16(23)19-14-9-13(17(4,5)6)20-22(14)8/h9-10H,1-8H3,(H,19,23). The molecule has 0 aliphatic heterocycles. The molecule has 6 nitrogen and oxygen atoms in total. The van der Waals surface area contributed by atoms with Crippen LogP contribution in [-0.4, -0.2) is 32.7 Å². The van der Waals surface area contributed by atoms with Crippen molar-refractivity contribution in [1.82, 2.24) is 19.7 Å². The van der Waals surface area contributed by atoms with Gasteiger partial charge in [-0.05, 0) is 20.8 Å². The third-order valence-electron chi connectivity index (χ3n) is 4.12. The predicted octanol–water partition coefficient (Wildman–Crippen LogP) is 4.02. The number of thiazole rings is 1. The zero-order valence-electron chi connectivity index (χ0n) is 15.8. The van der Waals surface area contributed by atoms with Crippen LogP contribution in [0.1, 0.15) is 55.0 Å². The van der Waals surface area contributed by atoms with Gasteiger partial charge in [0.25, 0.3) is 0 Å². The molecule has 0 bridgehead atoms. The third kappa shape index (κ3) is 3.77. The first kappa shape index (κ1) is 18.4. The normalized spacial score (nSPS) is 13.0.